The Morgan fingerprint density at radius 3 is 3.12 bits per heavy atom. The Hall–Kier alpha value is -0.710. The van der Waals surface area contributed by atoms with E-state index < -0.39 is 0 Å². The van der Waals surface area contributed by atoms with Gasteiger partial charge in [-0.1, -0.05) is 18.2 Å². The number of hydrogen-bond donors (Lipinski definition) is 2. The van der Waals surface area contributed by atoms with Gasteiger partial charge < -0.3 is 10.6 Å². The molecule has 2 atom stereocenters. The van der Waals surface area contributed by atoms with Crippen molar-refractivity contribution in [2.75, 3.05) is 12.3 Å². The summed E-state index contributed by atoms with van der Waals surface area (Å²) < 4.78 is 0. The van der Waals surface area contributed by atoms with E-state index in [4.69, 9.17) is 0 Å². The van der Waals surface area contributed by atoms with Gasteiger partial charge in [0.15, 0.2) is 5.17 Å². The standard InChI is InChI=1S/C12H19N3OS/c16-11(14-9-4-5-9)6-13-12-15-10-3-1-2-8(10)7-17-12/h8-10H,1-7H2,(H,13,15)(H,14,16). The highest BCUT2D eigenvalue weighted by Gasteiger charge is 2.32. The normalized spacial score (nSPS) is 34.2. The second-order valence-corrected chi connectivity index (χ2v) is 6.22. The number of thioether (sulfide) groups is 1. The minimum absolute atomic E-state index is 0.0657. The number of hydrogen-bond acceptors (Lipinski definition) is 3. The van der Waals surface area contributed by atoms with Gasteiger partial charge in [-0.05, 0) is 31.6 Å². The molecule has 2 aliphatic carbocycles. The van der Waals surface area contributed by atoms with Crippen molar-refractivity contribution in [3.05, 3.63) is 0 Å². The Kier molecular flexibility index (Phi) is 3.27. The van der Waals surface area contributed by atoms with Gasteiger partial charge in [0.05, 0.1) is 0 Å². The van der Waals surface area contributed by atoms with Crippen LogP contribution in [0.5, 0.6) is 0 Å². The fraction of sp³-hybridized carbons (Fsp3) is 0.833. The van der Waals surface area contributed by atoms with Crippen molar-refractivity contribution in [3.8, 4) is 0 Å². The van der Waals surface area contributed by atoms with Crippen LogP contribution in [0.25, 0.3) is 0 Å². The molecule has 2 N–H and O–H groups in total. The summed E-state index contributed by atoms with van der Waals surface area (Å²) in [5.74, 6) is 2.05. The molecule has 4 nitrogen and oxygen atoms in total. The first kappa shape index (κ1) is 11.4. The van der Waals surface area contributed by atoms with E-state index in [1.807, 2.05) is 0 Å². The van der Waals surface area contributed by atoms with E-state index in [0.717, 1.165) is 23.9 Å². The molecule has 2 saturated carbocycles. The van der Waals surface area contributed by atoms with E-state index >= 15 is 0 Å². The van der Waals surface area contributed by atoms with E-state index in [-0.39, 0.29) is 12.5 Å². The van der Waals surface area contributed by atoms with Gasteiger partial charge in [0.1, 0.15) is 6.54 Å². The van der Waals surface area contributed by atoms with E-state index in [2.05, 4.69) is 15.6 Å². The molecule has 0 aromatic rings. The third-order valence-corrected chi connectivity index (χ3v) is 4.83. The summed E-state index contributed by atoms with van der Waals surface area (Å²) in [7, 11) is 0. The van der Waals surface area contributed by atoms with Crippen molar-refractivity contribution in [2.24, 2.45) is 10.9 Å². The lowest BCUT2D eigenvalue weighted by molar-refractivity contribution is -0.119. The topological polar surface area (TPSA) is 53.5 Å². The highest BCUT2D eigenvalue weighted by Crippen LogP contribution is 2.32. The van der Waals surface area contributed by atoms with Crippen LogP contribution in [0, 0.1) is 5.92 Å². The molecule has 0 aromatic carbocycles. The molecule has 5 heteroatoms. The van der Waals surface area contributed by atoms with Gasteiger partial charge in [-0.25, -0.2) is 0 Å². The molecule has 17 heavy (non-hydrogen) atoms. The summed E-state index contributed by atoms with van der Waals surface area (Å²) in [5, 5.41) is 7.40. The second-order valence-electron chi connectivity index (χ2n) is 5.22. The van der Waals surface area contributed by atoms with Crippen LogP contribution in [0.1, 0.15) is 32.1 Å². The fourth-order valence-electron chi connectivity index (χ4n) is 2.55. The first-order chi connectivity index (χ1) is 8.31. The van der Waals surface area contributed by atoms with Crippen LogP contribution in [0.4, 0.5) is 0 Å². The first-order valence-corrected chi connectivity index (χ1v) is 7.53. The molecule has 0 bridgehead atoms. The zero-order chi connectivity index (χ0) is 11.7. The summed E-state index contributed by atoms with van der Waals surface area (Å²) in [6, 6.07) is 1.05. The Balaban J connectivity index is 1.48. The summed E-state index contributed by atoms with van der Waals surface area (Å²) in [6.07, 6.45) is 6.22. The molecule has 0 aromatic heterocycles. The average Bonchev–Trinajstić information content (AvgIpc) is 3.01. The maximum Gasteiger partial charge on any atom is 0.241 e. The molecule has 0 spiro atoms. The lowest BCUT2D eigenvalue weighted by atomic mass is 10.1. The zero-order valence-corrected chi connectivity index (χ0v) is 10.8. The molecule has 1 heterocycles. The molecule has 1 aliphatic heterocycles. The van der Waals surface area contributed by atoms with Gasteiger partial charge in [-0.2, -0.15) is 0 Å². The monoisotopic (exact) mass is 253 g/mol. The van der Waals surface area contributed by atoms with Crippen molar-refractivity contribution in [2.45, 2.75) is 44.2 Å². The number of rotatable bonds is 3. The molecule has 1 amide bonds. The van der Waals surface area contributed by atoms with Gasteiger partial charge in [-0.3, -0.25) is 9.79 Å². The van der Waals surface area contributed by atoms with Gasteiger partial charge >= 0.3 is 0 Å². The highest BCUT2D eigenvalue weighted by molar-refractivity contribution is 8.13. The van der Waals surface area contributed by atoms with Crippen LogP contribution in [-0.4, -0.2) is 35.5 Å². The largest absolute Gasteiger partial charge is 0.362 e. The molecule has 2 unspecified atom stereocenters. The Bertz CT molecular complexity index is 341. The van der Waals surface area contributed by atoms with Crippen LogP contribution in [0.3, 0.4) is 0 Å². The van der Waals surface area contributed by atoms with Crippen LogP contribution in [0.2, 0.25) is 0 Å². The predicted molar refractivity (Wildman–Crippen MR) is 70.2 cm³/mol. The number of amidine groups is 1. The smallest absolute Gasteiger partial charge is 0.241 e. The molecule has 0 radical (unpaired) electrons. The number of aliphatic imine (C=N–C) groups is 1. The lowest BCUT2D eigenvalue weighted by Gasteiger charge is -2.27. The Morgan fingerprint density at radius 2 is 2.29 bits per heavy atom. The van der Waals surface area contributed by atoms with E-state index in [9.17, 15) is 4.79 Å². The van der Waals surface area contributed by atoms with Crippen molar-refractivity contribution in [3.63, 3.8) is 0 Å². The van der Waals surface area contributed by atoms with Crippen LogP contribution in [0.15, 0.2) is 4.99 Å². The zero-order valence-electron chi connectivity index (χ0n) is 9.95. The quantitative estimate of drug-likeness (QED) is 0.792. The summed E-state index contributed by atoms with van der Waals surface area (Å²) in [5.41, 5.74) is 0. The van der Waals surface area contributed by atoms with Gasteiger partial charge in [-0.15, -0.1) is 0 Å². The number of carbonyl (C=O) groups excluding carboxylic acids is 1. The van der Waals surface area contributed by atoms with Crippen molar-refractivity contribution >= 4 is 22.8 Å². The maximum absolute atomic E-state index is 11.5. The minimum atomic E-state index is 0.0657. The molecule has 94 valence electrons. The van der Waals surface area contributed by atoms with E-state index in [1.54, 1.807) is 11.8 Å². The molecular weight excluding hydrogens is 234 g/mol. The number of carbonyl (C=O) groups is 1. The SMILES string of the molecule is O=C(CN=C1NC2CCCC2CS1)NC1CC1. The number of fused-ring (bicyclic) bond motifs is 1. The summed E-state index contributed by atoms with van der Waals surface area (Å²) in [6.45, 7) is 0.281. The fourth-order valence-corrected chi connectivity index (χ4v) is 3.71. The molecule has 1 saturated heterocycles. The van der Waals surface area contributed by atoms with Gasteiger partial charge in [0.25, 0.3) is 0 Å². The van der Waals surface area contributed by atoms with E-state index in [0.29, 0.717) is 12.1 Å². The number of amides is 1. The maximum atomic E-state index is 11.5. The Morgan fingerprint density at radius 1 is 1.41 bits per heavy atom. The van der Waals surface area contributed by atoms with Gasteiger partial charge in [0.2, 0.25) is 5.91 Å². The molecule has 3 rings (SSSR count). The van der Waals surface area contributed by atoms with Crippen molar-refractivity contribution < 1.29 is 4.79 Å². The molecule has 3 fully saturated rings. The van der Waals surface area contributed by atoms with Gasteiger partial charge in [0, 0.05) is 17.8 Å². The number of nitrogens with one attached hydrogen (secondary N) is 2. The van der Waals surface area contributed by atoms with E-state index in [1.165, 1.54) is 25.0 Å². The van der Waals surface area contributed by atoms with Crippen molar-refractivity contribution in [1.82, 2.24) is 10.6 Å². The molecule has 3 aliphatic rings. The summed E-state index contributed by atoms with van der Waals surface area (Å²) in [4.78, 5) is 15.9. The van der Waals surface area contributed by atoms with Crippen molar-refractivity contribution in [1.29, 1.82) is 0 Å². The van der Waals surface area contributed by atoms with Crippen LogP contribution in [-0.2, 0) is 4.79 Å². The number of nitrogens with zero attached hydrogens (tertiary/aromatic N) is 1. The Labute approximate surface area is 106 Å². The first-order valence-electron chi connectivity index (χ1n) is 6.54. The second kappa shape index (κ2) is 4.88. The average molecular weight is 253 g/mol. The van der Waals surface area contributed by atoms with Crippen LogP contribution >= 0.6 is 11.8 Å². The molecular formula is C12H19N3OS. The third kappa shape index (κ3) is 2.94. The predicted octanol–water partition coefficient (Wildman–Crippen LogP) is 1.13. The third-order valence-electron chi connectivity index (χ3n) is 3.71. The highest BCUT2D eigenvalue weighted by atomic mass is 32.2. The van der Waals surface area contributed by atoms with Crippen LogP contribution < -0.4 is 10.6 Å². The summed E-state index contributed by atoms with van der Waals surface area (Å²) >= 11 is 1.78. The lowest BCUT2D eigenvalue weighted by Crippen LogP contribution is -2.42. The minimum Gasteiger partial charge on any atom is -0.362 e.